The highest BCUT2D eigenvalue weighted by molar-refractivity contribution is 5.96. The Balaban J connectivity index is 2.13. The second kappa shape index (κ2) is 14.6. The number of H-pyrrole nitrogens is 1. The predicted octanol–water partition coefficient (Wildman–Crippen LogP) is -0.0377. The van der Waals surface area contributed by atoms with E-state index in [1.54, 1.807) is 20.0 Å². The van der Waals surface area contributed by atoms with Crippen LogP contribution in [0.4, 0.5) is 0 Å². The number of aromatic nitrogens is 1. The van der Waals surface area contributed by atoms with Gasteiger partial charge in [0.25, 0.3) is 0 Å². The molecule has 0 aliphatic rings. The van der Waals surface area contributed by atoms with Gasteiger partial charge in [0.2, 0.25) is 17.7 Å². The summed E-state index contributed by atoms with van der Waals surface area (Å²) in [5, 5.41) is 35.3. The molecule has 0 radical (unpaired) electrons. The van der Waals surface area contributed by atoms with Gasteiger partial charge in [-0.05, 0) is 36.8 Å². The van der Waals surface area contributed by atoms with E-state index in [9.17, 15) is 39.0 Å². The lowest BCUT2D eigenvalue weighted by atomic mass is 10.0. The molecule has 0 bridgehead atoms. The number of para-hydroxylation sites is 1. The molecule has 40 heavy (non-hydrogen) atoms. The van der Waals surface area contributed by atoms with Gasteiger partial charge in [-0.3, -0.25) is 24.0 Å². The second-order valence-corrected chi connectivity index (χ2v) is 9.85. The predicted molar refractivity (Wildman–Crippen MR) is 142 cm³/mol. The van der Waals surface area contributed by atoms with Gasteiger partial charge in [0, 0.05) is 23.5 Å². The monoisotopic (exact) mass is 561 g/mol. The SMILES string of the molecule is CC(C)CC(NC(=O)C(CC(=O)O)NC(=O)C(N)Cc1c[nH]c2ccccc12)C(=O)NC(CCC(=O)O)C(=O)O. The van der Waals surface area contributed by atoms with Gasteiger partial charge in [0.1, 0.15) is 18.1 Å². The van der Waals surface area contributed by atoms with Crippen LogP contribution in [0.2, 0.25) is 0 Å². The smallest absolute Gasteiger partial charge is 0.326 e. The molecule has 3 amide bonds. The molecule has 0 saturated heterocycles. The molecule has 4 unspecified atom stereocenters. The van der Waals surface area contributed by atoms with Crippen LogP contribution < -0.4 is 21.7 Å². The molecule has 1 aromatic heterocycles. The summed E-state index contributed by atoms with van der Waals surface area (Å²) in [4.78, 5) is 75.6. The minimum absolute atomic E-state index is 0.0522. The Morgan fingerprint density at radius 2 is 1.45 bits per heavy atom. The minimum atomic E-state index is -1.58. The standard InChI is InChI=1S/C26H35N5O9/c1-13(2)9-19(24(37)29-18(26(39)40)7-8-21(32)33)31-25(38)20(11-22(34)35)30-23(36)16(27)10-14-12-28-17-6-4-3-5-15(14)17/h3-6,12-13,16,18-20,28H,7-11,27H2,1-2H3,(H,29,37)(H,30,36)(H,31,38)(H,32,33)(H,34,35)(H,39,40). The number of hydrogen-bond donors (Lipinski definition) is 8. The number of rotatable bonds is 16. The highest BCUT2D eigenvalue weighted by atomic mass is 16.4. The Labute approximate surface area is 229 Å². The van der Waals surface area contributed by atoms with Crippen LogP contribution in [0.25, 0.3) is 10.9 Å². The first-order valence-electron chi connectivity index (χ1n) is 12.7. The molecule has 0 aliphatic carbocycles. The van der Waals surface area contributed by atoms with E-state index in [0.29, 0.717) is 0 Å². The summed E-state index contributed by atoms with van der Waals surface area (Å²) in [7, 11) is 0. The number of carboxylic acids is 3. The number of nitrogens with two attached hydrogens (primary N) is 1. The fraction of sp³-hybridized carbons (Fsp3) is 0.462. The summed E-state index contributed by atoms with van der Waals surface area (Å²) in [6.07, 6.45) is 0.160. The van der Waals surface area contributed by atoms with Crippen molar-refractivity contribution in [2.24, 2.45) is 11.7 Å². The molecular formula is C26H35N5O9. The van der Waals surface area contributed by atoms with Crippen molar-refractivity contribution in [3.8, 4) is 0 Å². The Bertz CT molecular complexity index is 1240. The van der Waals surface area contributed by atoms with E-state index in [1.807, 2.05) is 24.3 Å². The molecule has 0 spiro atoms. The average molecular weight is 562 g/mol. The van der Waals surface area contributed by atoms with E-state index in [1.165, 1.54) is 0 Å². The van der Waals surface area contributed by atoms with Crippen molar-refractivity contribution in [1.29, 1.82) is 0 Å². The normalized spacial score (nSPS) is 14.1. The molecule has 9 N–H and O–H groups in total. The zero-order valence-corrected chi connectivity index (χ0v) is 22.2. The summed E-state index contributed by atoms with van der Waals surface area (Å²) in [6, 6.07) is 1.86. The topological polar surface area (TPSA) is 241 Å². The summed E-state index contributed by atoms with van der Waals surface area (Å²) in [6.45, 7) is 3.48. The van der Waals surface area contributed by atoms with Crippen LogP contribution >= 0.6 is 0 Å². The van der Waals surface area contributed by atoms with Gasteiger partial charge in [-0.15, -0.1) is 0 Å². The molecule has 0 fully saturated rings. The lowest BCUT2D eigenvalue weighted by molar-refractivity contribution is -0.144. The maximum atomic E-state index is 13.1. The molecular weight excluding hydrogens is 526 g/mol. The van der Waals surface area contributed by atoms with Crippen molar-refractivity contribution >= 4 is 46.5 Å². The zero-order chi connectivity index (χ0) is 30.0. The molecule has 2 aromatic rings. The summed E-state index contributed by atoms with van der Waals surface area (Å²) < 4.78 is 0. The highest BCUT2D eigenvalue weighted by Gasteiger charge is 2.32. The van der Waals surface area contributed by atoms with E-state index in [-0.39, 0.29) is 25.2 Å². The van der Waals surface area contributed by atoms with E-state index >= 15 is 0 Å². The fourth-order valence-corrected chi connectivity index (χ4v) is 4.07. The number of carboxylic acid groups (broad SMARTS) is 3. The summed E-state index contributed by atoms with van der Waals surface area (Å²) in [5.74, 6) is -6.90. The Kier molecular flexibility index (Phi) is 11.6. The van der Waals surface area contributed by atoms with Crippen LogP contribution in [-0.4, -0.2) is 80.1 Å². The first-order chi connectivity index (χ1) is 18.8. The number of amides is 3. The highest BCUT2D eigenvalue weighted by Crippen LogP contribution is 2.19. The van der Waals surface area contributed by atoms with Gasteiger partial charge in [-0.2, -0.15) is 0 Å². The zero-order valence-electron chi connectivity index (χ0n) is 22.2. The van der Waals surface area contributed by atoms with Crippen molar-refractivity contribution in [1.82, 2.24) is 20.9 Å². The van der Waals surface area contributed by atoms with Gasteiger partial charge < -0.3 is 42.0 Å². The summed E-state index contributed by atoms with van der Waals surface area (Å²) >= 11 is 0. The minimum Gasteiger partial charge on any atom is -0.481 e. The number of fused-ring (bicyclic) bond motifs is 1. The van der Waals surface area contributed by atoms with Crippen molar-refractivity contribution in [3.05, 3.63) is 36.0 Å². The molecule has 218 valence electrons. The van der Waals surface area contributed by atoms with Crippen LogP contribution in [-0.2, 0) is 35.2 Å². The van der Waals surface area contributed by atoms with Gasteiger partial charge >= 0.3 is 17.9 Å². The third kappa shape index (κ3) is 9.69. The molecule has 4 atom stereocenters. The maximum Gasteiger partial charge on any atom is 0.326 e. The molecule has 1 heterocycles. The van der Waals surface area contributed by atoms with Crippen LogP contribution in [0.1, 0.15) is 45.1 Å². The van der Waals surface area contributed by atoms with E-state index < -0.39 is 72.6 Å². The van der Waals surface area contributed by atoms with Gasteiger partial charge in [0.15, 0.2) is 0 Å². The molecule has 14 heteroatoms. The number of nitrogens with one attached hydrogen (secondary N) is 4. The van der Waals surface area contributed by atoms with Crippen LogP contribution in [0.5, 0.6) is 0 Å². The first-order valence-corrected chi connectivity index (χ1v) is 12.7. The molecule has 14 nitrogen and oxygen atoms in total. The number of carbonyl (C=O) groups excluding carboxylic acids is 3. The van der Waals surface area contributed by atoms with E-state index in [2.05, 4.69) is 20.9 Å². The van der Waals surface area contributed by atoms with Crippen LogP contribution in [0, 0.1) is 5.92 Å². The number of aromatic amines is 1. The van der Waals surface area contributed by atoms with E-state index in [0.717, 1.165) is 16.5 Å². The number of benzene rings is 1. The maximum absolute atomic E-state index is 13.1. The summed E-state index contributed by atoms with van der Waals surface area (Å²) in [5.41, 5.74) is 7.66. The van der Waals surface area contributed by atoms with Crippen LogP contribution in [0.15, 0.2) is 30.5 Å². The Morgan fingerprint density at radius 3 is 2.05 bits per heavy atom. The second-order valence-electron chi connectivity index (χ2n) is 9.85. The first kappa shape index (κ1) is 31.8. The number of carbonyl (C=O) groups is 6. The Hall–Kier alpha value is -4.46. The van der Waals surface area contributed by atoms with Crippen molar-refractivity contribution in [3.63, 3.8) is 0 Å². The third-order valence-corrected chi connectivity index (χ3v) is 6.06. The Morgan fingerprint density at radius 1 is 0.850 bits per heavy atom. The molecule has 1 aromatic carbocycles. The number of hydrogen-bond acceptors (Lipinski definition) is 7. The van der Waals surface area contributed by atoms with E-state index in [4.69, 9.17) is 10.8 Å². The molecule has 2 rings (SSSR count). The van der Waals surface area contributed by atoms with Gasteiger partial charge in [0.05, 0.1) is 12.5 Å². The van der Waals surface area contributed by atoms with Crippen LogP contribution in [0.3, 0.4) is 0 Å². The molecule has 0 aliphatic heterocycles. The van der Waals surface area contributed by atoms with Crippen molar-refractivity contribution in [2.75, 3.05) is 0 Å². The molecule has 0 saturated carbocycles. The number of aliphatic carboxylic acids is 3. The van der Waals surface area contributed by atoms with Gasteiger partial charge in [-0.1, -0.05) is 32.0 Å². The average Bonchev–Trinajstić information content (AvgIpc) is 3.27. The quantitative estimate of drug-likeness (QED) is 0.136. The third-order valence-electron chi connectivity index (χ3n) is 6.06. The van der Waals surface area contributed by atoms with Crippen molar-refractivity contribution < 1.29 is 44.1 Å². The largest absolute Gasteiger partial charge is 0.481 e. The lowest BCUT2D eigenvalue weighted by Gasteiger charge is -2.25. The lowest BCUT2D eigenvalue weighted by Crippen LogP contribution is -2.57. The van der Waals surface area contributed by atoms with Crippen molar-refractivity contribution in [2.45, 2.75) is 70.1 Å². The fourth-order valence-electron chi connectivity index (χ4n) is 4.07. The van der Waals surface area contributed by atoms with Gasteiger partial charge in [-0.25, -0.2) is 4.79 Å².